The Bertz CT molecular complexity index is 620. The normalized spacial score (nSPS) is 13.6. The number of nitrogens with zero attached hydrogens (tertiary/aromatic N) is 1. The van der Waals surface area contributed by atoms with Crippen molar-refractivity contribution in [2.75, 3.05) is 0 Å². The summed E-state index contributed by atoms with van der Waals surface area (Å²) in [6.07, 6.45) is 0.998. The summed E-state index contributed by atoms with van der Waals surface area (Å²) < 4.78 is 0. The van der Waals surface area contributed by atoms with Crippen molar-refractivity contribution in [2.24, 2.45) is 0 Å². The Labute approximate surface area is 101 Å². The van der Waals surface area contributed by atoms with Gasteiger partial charge < -0.3 is 0 Å². The third-order valence-corrected chi connectivity index (χ3v) is 3.51. The van der Waals surface area contributed by atoms with Crippen molar-refractivity contribution in [1.29, 1.82) is 5.26 Å². The van der Waals surface area contributed by atoms with Gasteiger partial charge in [-0.2, -0.15) is 5.26 Å². The van der Waals surface area contributed by atoms with Crippen LogP contribution in [0.5, 0.6) is 0 Å². The average Bonchev–Trinajstić information content (AvgIpc) is 2.75. The van der Waals surface area contributed by atoms with E-state index in [9.17, 15) is 0 Å². The highest BCUT2D eigenvalue weighted by Crippen LogP contribution is 2.37. The molecule has 0 aliphatic heterocycles. The van der Waals surface area contributed by atoms with E-state index in [0.29, 0.717) is 0 Å². The van der Waals surface area contributed by atoms with Gasteiger partial charge in [0, 0.05) is 0 Å². The molecular weight excluding hydrogens is 206 g/mol. The van der Waals surface area contributed by atoms with E-state index in [1.807, 2.05) is 6.92 Å². The maximum absolute atomic E-state index is 8.96. The highest BCUT2D eigenvalue weighted by molar-refractivity contribution is 5.77. The zero-order valence-corrected chi connectivity index (χ0v) is 9.77. The van der Waals surface area contributed by atoms with Crippen LogP contribution in [-0.2, 0) is 6.42 Å². The summed E-state index contributed by atoms with van der Waals surface area (Å²) in [5.41, 5.74) is 6.54. The summed E-state index contributed by atoms with van der Waals surface area (Å²) in [5.74, 6) is -0.0241. The molecule has 0 bridgehead atoms. The molecule has 0 saturated carbocycles. The predicted molar refractivity (Wildman–Crippen MR) is 68.7 cm³/mol. The number of nitriles is 1. The van der Waals surface area contributed by atoms with E-state index in [1.165, 1.54) is 22.3 Å². The van der Waals surface area contributed by atoms with E-state index < -0.39 is 0 Å². The first kappa shape index (κ1) is 10.1. The van der Waals surface area contributed by atoms with Crippen LogP contribution in [0, 0.1) is 11.3 Å². The first-order valence-corrected chi connectivity index (χ1v) is 5.90. The molecule has 0 aromatic heterocycles. The minimum atomic E-state index is -0.0241. The molecule has 1 aliphatic carbocycles. The quantitative estimate of drug-likeness (QED) is 0.609. The molecule has 1 atom stereocenters. The Morgan fingerprint density at radius 3 is 2.65 bits per heavy atom. The number of rotatable bonds is 1. The lowest BCUT2D eigenvalue weighted by atomic mass is 9.97. The average molecular weight is 219 g/mol. The zero-order valence-electron chi connectivity index (χ0n) is 9.77. The lowest BCUT2D eigenvalue weighted by Gasteiger charge is -2.06. The van der Waals surface area contributed by atoms with Gasteiger partial charge in [0.15, 0.2) is 0 Å². The molecule has 82 valence electrons. The summed E-state index contributed by atoms with van der Waals surface area (Å²) in [7, 11) is 0. The Hall–Kier alpha value is -2.07. The van der Waals surface area contributed by atoms with E-state index in [-0.39, 0.29) is 5.92 Å². The van der Waals surface area contributed by atoms with Crippen LogP contribution in [0.15, 0.2) is 42.5 Å². The largest absolute Gasteiger partial charge is 0.198 e. The minimum absolute atomic E-state index is 0.0241. The third-order valence-electron chi connectivity index (χ3n) is 3.51. The number of hydrogen-bond acceptors (Lipinski definition) is 1. The van der Waals surface area contributed by atoms with Crippen LogP contribution in [0.25, 0.3) is 11.1 Å². The molecule has 0 saturated heterocycles. The summed E-state index contributed by atoms with van der Waals surface area (Å²) in [6, 6.07) is 17.2. The van der Waals surface area contributed by atoms with Crippen molar-refractivity contribution in [2.45, 2.75) is 19.3 Å². The van der Waals surface area contributed by atoms with Gasteiger partial charge in [-0.15, -0.1) is 0 Å². The van der Waals surface area contributed by atoms with Crippen molar-refractivity contribution < 1.29 is 0 Å². The van der Waals surface area contributed by atoms with Gasteiger partial charge in [-0.05, 0) is 41.2 Å². The monoisotopic (exact) mass is 219 g/mol. The van der Waals surface area contributed by atoms with Gasteiger partial charge in [0.25, 0.3) is 0 Å². The second-order valence-electron chi connectivity index (χ2n) is 4.60. The number of hydrogen-bond donors (Lipinski definition) is 0. The number of fused-ring (bicyclic) bond motifs is 3. The summed E-state index contributed by atoms with van der Waals surface area (Å²) in [4.78, 5) is 0. The molecule has 3 rings (SSSR count). The first-order valence-electron chi connectivity index (χ1n) is 5.90. The lowest BCUT2D eigenvalue weighted by Crippen LogP contribution is -1.91. The second-order valence-corrected chi connectivity index (χ2v) is 4.60. The van der Waals surface area contributed by atoms with Crippen molar-refractivity contribution in [3.63, 3.8) is 0 Å². The molecule has 1 unspecified atom stereocenters. The van der Waals surface area contributed by atoms with Gasteiger partial charge in [-0.3, -0.25) is 0 Å². The highest BCUT2D eigenvalue weighted by atomic mass is 14.3. The molecule has 0 spiro atoms. The van der Waals surface area contributed by atoms with E-state index in [4.69, 9.17) is 5.26 Å². The molecule has 0 amide bonds. The summed E-state index contributed by atoms with van der Waals surface area (Å²) >= 11 is 0. The third kappa shape index (κ3) is 1.54. The molecule has 0 N–H and O–H groups in total. The Morgan fingerprint density at radius 2 is 1.82 bits per heavy atom. The molecule has 2 aromatic carbocycles. The SMILES string of the molecule is CC(C#N)c1ccc2c(c1)Cc1ccccc1-2. The highest BCUT2D eigenvalue weighted by Gasteiger charge is 2.18. The smallest absolute Gasteiger partial charge is 0.0700 e. The standard InChI is InChI=1S/C16H13N/c1-11(10-17)12-6-7-16-14(8-12)9-13-4-2-3-5-15(13)16/h2-8,11H,9H2,1H3. The second kappa shape index (κ2) is 3.75. The fraction of sp³-hybridized carbons (Fsp3) is 0.188. The molecule has 2 aromatic rings. The fourth-order valence-corrected chi connectivity index (χ4v) is 2.51. The van der Waals surface area contributed by atoms with E-state index in [0.717, 1.165) is 12.0 Å². The van der Waals surface area contributed by atoms with Gasteiger partial charge in [0.1, 0.15) is 0 Å². The van der Waals surface area contributed by atoms with Gasteiger partial charge in [0.2, 0.25) is 0 Å². The molecule has 0 radical (unpaired) electrons. The molecule has 1 nitrogen and oxygen atoms in total. The Morgan fingerprint density at radius 1 is 1.06 bits per heavy atom. The van der Waals surface area contributed by atoms with Crippen LogP contribution in [-0.4, -0.2) is 0 Å². The lowest BCUT2D eigenvalue weighted by molar-refractivity contribution is 0.977. The van der Waals surface area contributed by atoms with Crippen LogP contribution < -0.4 is 0 Å². The maximum atomic E-state index is 8.96. The van der Waals surface area contributed by atoms with E-state index >= 15 is 0 Å². The van der Waals surface area contributed by atoms with Crippen molar-refractivity contribution in [3.05, 3.63) is 59.2 Å². The molecule has 17 heavy (non-hydrogen) atoms. The predicted octanol–water partition coefficient (Wildman–Crippen LogP) is 3.88. The van der Waals surface area contributed by atoms with Gasteiger partial charge in [-0.25, -0.2) is 0 Å². The minimum Gasteiger partial charge on any atom is -0.198 e. The molecule has 1 heteroatoms. The maximum Gasteiger partial charge on any atom is 0.0700 e. The van der Waals surface area contributed by atoms with Crippen molar-refractivity contribution in [1.82, 2.24) is 0 Å². The van der Waals surface area contributed by atoms with Gasteiger partial charge >= 0.3 is 0 Å². The zero-order chi connectivity index (χ0) is 11.8. The molecule has 0 fully saturated rings. The van der Waals surface area contributed by atoms with Crippen LogP contribution in [0.3, 0.4) is 0 Å². The van der Waals surface area contributed by atoms with Crippen LogP contribution in [0.2, 0.25) is 0 Å². The van der Waals surface area contributed by atoms with Gasteiger partial charge in [-0.1, -0.05) is 42.5 Å². The van der Waals surface area contributed by atoms with Gasteiger partial charge in [0.05, 0.1) is 12.0 Å². The van der Waals surface area contributed by atoms with Crippen molar-refractivity contribution >= 4 is 0 Å². The van der Waals surface area contributed by atoms with Crippen LogP contribution in [0.4, 0.5) is 0 Å². The first-order chi connectivity index (χ1) is 8.29. The Kier molecular flexibility index (Phi) is 2.23. The molecular formula is C16H13N. The van der Waals surface area contributed by atoms with Crippen LogP contribution >= 0.6 is 0 Å². The van der Waals surface area contributed by atoms with Crippen LogP contribution in [0.1, 0.15) is 29.5 Å². The fourth-order valence-electron chi connectivity index (χ4n) is 2.51. The summed E-state index contributed by atoms with van der Waals surface area (Å²) in [6.45, 7) is 1.95. The summed E-state index contributed by atoms with van der Waals surface area (Å²) in [5, 5.41) is 8.96. The van der Waals surface area contributed by atoms with E-state index in [1.54, 1.807) is 0 Å². The van der Waals surface area contributed by atoms with E-state index in [2.05, 4.69) is 48.5 Å². The van der Waals surface area contributed by atoms with Crippen molar-refractivity contribution in [3.8, 4) is 17.2 Å². The molecule has 1 aliphatic rings. The Balaban J connectivity index is 2.11. The number of benzene rings is 2. The topological polar surface area (TPSA) is 23.8 Å². The molecule has 0 heterocycles.